The van der Waals surface area contributed by atoms with E-state index in [0.29, 0.717) is 19.7 Å². The van der Waals surface area contributed by atoms with Crippen LogP contribution in [0.15, 0.2) is 48.5 Å². The summed E-state index contributed by atoms with van der Waals surface area (Å²) in [6.07, 6.45) is -0.293. The molecule has 5 nitrogen and oxygen atoms in total. The van der Waals surface area contributed by atoms with Crippen LogP contribution in [0, 0.1) is 29.6 Å². The quantitative estimate of drug-likeness (QED) is 0.821. The lowest BCUT2D eigenvalue weighted by atomic mass is 9.98. The molecular weight excluding hydrogens is 354 g/mol. The van der Waals surface area contributed by atoms with Gasteiger partial charge in [0.2, 0.25) is 0 Å². The molecule has 1 saturated heterocycles. The molecule has 2 aromatic rings. The third-order valence-electron chi connectivity index (χ3n) is 6.13. The molecule has 3 atom stereocenters. The maximum atomic E-state index is 12.5. The summed E-state index contributed by atoms with van der Waals surface area (Å²) in [5, 5.41) is 8.65. The number of nitrogens with zero attached hydrogens (tertiary/aromatic N) is 1. The second-order valence-corrected chi connectivity index (χ2v) is 7.64. The van der Waals surface area contributed by atoms with Gasteiger partial charge in [-0.1, -0.05) is 54.5 Å². The molecule has 0 spiro atoms. The van der Waals surface area contributed by atoms with E-state index in [4.69, 9.17) is 9.84 Å². The fourth-order valence-electron chi connectivity index (χ4n) is 4.72. The van der Waals surface area contributed by atoms with Gasteiger partial charge >= 0.3 is 12.1 Å². The molecule has 1 heterocycles. The number of aliphatic carboxylic acids is 1. The molecule has 1 amide bonds. The Hall–Kier alpha value is -3.26. The van der Waals surface area contributed by atoms with Gasteiger partial charge in [-0.2, -0.15) is 0 Å². The van der Waals surface area contributed by atoms with Crippen molar-refractivity contribution in [2.45, 2.75) is 5.92 Å². The summed E-state index contributed by atoms with van der Waals surface area (Å²) in [5.41, 5.74) is 4.82. The first-order valence-corrected chi connectivity index (χ1v) is 9.48. The number of carboxylic acid groups (broad SMARTS) is 1. The van der Waals surface area contributed by atoms with Crippen LogP contribution in [0.5, 0.6) is 0 Å². The Bertz CT molecular complexity index is 977. The molecule has 2 aliphatic carbocycles. The number of piperidine rings is 1. The summed E-state index contributed by atoms with van der Waals surface area (Å²) in [6, 6.07) is 16.5. The topological polar surface area (TPSA) is 66.8 Å². The number of hydrogen-bond acceptors (Lipinski definition) is 3. The number of hydrogen-bond donors (Lipinski definition) is 1. The van der Waals surface area contributed by atoms with Crippen LogP contribution in [0.3, 0.4) is 0 Å². The molecule has 0 radical (unpaired) electrons. The lowest BCUT2D eigenvalue weighted by molar-refractivity contribution is -0.130. The van der Waals surface area contributed by atoms with E-state index in [-0.39, 0.29) is 29.8 Å². The van der Waals surface area contributed by atoms with Crippen LogP contribution in [0.2, 0.25) is 0 Å². The Labute approximate surface area is 162 Å². The van der Waals surface area contributed by atoms with Crippen molar-refractivity contribution in [3.05, 3.63) is 59.7 Å². The predicted octanol–water partition coefficient (Wildman–Crippen LogP) is 3.20. The number of carbonyl (C=O) groups is 2. The minimum absolute atomic E-state index is 0.0580. The van der Waals surface area contributed by atoms with Crippen molar-refractivity contribution in [2.75, 3.05) is 19.7 Å². The zero-order chi connectivity index (χ0) is 19.3. The number of fused-ring (bicyclic) bond motifs is 4. The van der Waals surface area contributed by atoms with E-state index in [1.165, 1.54) is 22.3 Å². The van der Waals surface area contributed by atoms with E-state index in [9.17, 15) is 9.59 Å². The molecule has 2 fully saturated rings. The second kappa shape index (κ2) is 6.42. The minimum atomic E-state index is -1.10. The third-order valence-corrected chi connectivity index (χ3v) is 6.13. The number of carbonyl (C=O) groups excluding carboxylic acids is 1. The lowest BCUT2D eigenvalue weighted by Gasteiger charge is -2.21. The largest absolute Gasteiger partial charge is 0.472 e. The SMILES string of the molecule is O=C(O)C#CC1[C@H]2CN(C(=O)OCC3c4ccccc4-c4ccccc43)C[C@@H]12. The van der Waals surface area contributed by atoms with Crippen LogP contribution in [0.4, 0.5) is 4.79 Å². The Morgan fingerprint density at radius 2 is 1.57 bits per heavy atom. The first-order chi connectivity index (χ1) is 13.6. The summed E-state index contributed by atoms with van der Waals surface area (Å²) in [5.74, 6) is 4.61. The highest BCUT2D eigenvalue weighted by Gasteiger charge is 2.56. The Balaban J connectivity index is 1.23. The van der Waals surface area contributed by atoms with Gasteiger partial charge in [0.1, 0.15) is 6.61 Å². The van der Waals surface area contributed by atoms with Crippen LogP contribution < -0.4 is 0 Å². The fourth-order valence-corrected chi connectivity index (χ4v) is 4.72. The lowest BCUT2D eigenvalue weighted by Crippen LogP contribution is -2.33. The van der Waals surface area contributed by atoms with E-state index in [0.717, 1.165) is 0 Å². The standard InChI is InChI=1S/C23H19NO4/c25-22(26)10-9-18-19-11-24(12-20(18)19)23(27)28-13-21-16-7-3-1-5-14(16)15-6-2-4-8-17(15)21/h1-8,18-21H,11-13H2,(H,25,26)/t18?,19-,20+. The van der Waals surface area contributed by atoms with Gasteiger partial charge in [0.25, 0.3) is 0 Å². The van der Waals surface area contributed by atoms with Crippen molar-refractivity contribution in [3.63, 3.8) is 0 Å². The Kier molecular flexibility index (Phi) is 3.87. The minimum Gasteiger partial charge on any atom is -0.472 e. The molecule has 140 valence electrons. The van der Waals surface area contributed by atoms with Crippen molar-refractivity contribution < 1.29 is 19.4 Å². The number of carboxylic acids is 1. The zero-order valence-corrected chi connectivity index (χ0v) is 15.2. The van der Waals surface area contributed by atoms with Crippen LogP contribution in [-0.4, -0.2) is 41.8 Å². The first-order valence-electron chi connectivity index (χ1n) is 9.48. The number of likely N-dealkylation sites (tertiary alicyclic amines) is 1. The summed E-state index contributed by atoms with van der Waals surface area (Å²) in [4.78, 5) is 24.8. The van der Waals surface area contributed by atoms with Crippen molar-refractivity contribution in [1.29, 1.82) is 0 Å². The molecule has 2 aromatic carbocycles. The van der Waals surface area contributed by atoms with E-state index < -0.39 is 5.97 Å². The maximum absolute atomic E-state index is 12.5. The molecule has 5 heteroatoms. The van der Waals surface area contributed by atoms with Gasteiger partial charge in [-0.25, -0.2) is 9.59 Å². The summed E-state index contributed by atoms with van der Waals surface area (Å²) in [6.45, 7) is 1.52. The molecule has 1 unspecified atom stereocenters. The molecule has 1 aliphatic heterocycles. The average molecular weight is 373 g/mol. The van der Waals surface area contributed by atoms with Crippen LogP contribution in [0.1, 0.15) is 17.0 Å². The number of amides is 1. The van der Waals surface area contributed by atoms with Crippen molar-refractivity contribution >= 4 is 12.1 Å². The number of ether oxygens (including phenoxy) is 1. The Morgan fingerprint density at radius 3 is 2.14 bits per heavy atom. The monoisotopic (exact) mass is 373 g/mol. The highest BCUT2D eigenvalue weighted by molar-refractivity contribution is 5.86. The maximum Gasteiger partial charge on any atom is 0.409 e. The summed E-state index contributed by atoms with van der Waals surface area (Å²) < 4.78 is 5.68. The summed E-state index contributed by atoms with van der Waals surface area (Å²) in [7, 11) is 0. The second-order valence-electron chi connectivity index (χ2n) is 7.64. The van der Waals surface area contributed by atoms with Crippen LogP contribution >= 0.6 is 0 Å². The van der Waals surface area contributed by atoms with Gasteiger partial charge < -0.3 is 14.7 Å². The molecule has 0 bridgehead atoms. The van der Waals surface area contributed by atoms with Crippen LogP contribution in [-0.2, 0) is 9.53 Å². The fraction of sp³-hybridized carbons (Fsp3) is 0.304. The van der Waals surface area contributed by atoms with Gasteiger partial charge in [-0.15, -0.1) is 0 Å². The number of rotatable bonds is 2. The molecular formula is C23H19NO4. The molecule has 0 aromatic heterocycles. The molecule has 1 N–H and O–H groups in total. The van der Waals surface area contributed by atoms with E-state index in [1.807, 2.05) is 24.3 Å². The predicted molar refractivity (Wildman–Crippen MR) is 103 cm³/mol. The van der Waals surface area contributed by atoms with E-state index in [1.54, 1.807) is 4.90 Å². The van der Waals surface area contributed by atoms with Gasteiger partial charge in [0.15, 0.2) is 0 Å². The Morgan fingerprint density at radius 1 is 1.00 bits per heavy atom. The van der Waals surface area contributed by atoms with Gasteiger partial charge in [0.05, 0.1) is 0 Å². The molecule has 1 saturated carbocycles. The van der Waals surface area contributed by atoms with Crippen molar-refractivity contribution in [1.82, 2.24) is 4.90 Å². The van der Waals surface area contributed by atoms with E-state index >= 15 is 0 Å². The average Bonchev–Trinajstić information content (AvgIpc) is 3.03. The van der Waals surface area contributed by atoms with Crippen molar-refractivity contribution in [3.8, 4) is 23.0 Å². The highest BCUT2D eigenvalue weighted by Crippen LogP contribution is 2.51. The zero-order valence-electron chi connectivity index (χ0n) is 15.2. The normalized spacial score (nSPS) is 23.9. The molecule has 28 heavy (non-hydrogen) atoms. The smallest absolute Gasteiger partial charge is 0.409 e. The summed E-state index contributed by atoms with van der Waals surface area (Å²) >= 11 is 0. The third kappa shape index (κ3) is 2.73. The van der Waals surface area contributed by atoms with Gasteiger partial charge in [-0.05, 0) is 34.1 Å². The molecule has 5 rings (SSSR count). The molecule has 3 aliphatic rings. The van der Waals surface area contributed by atoms with Gasteiger partial charge in [0, 0.05) is 30.8 Å². The van der Waals surface area contributed by atoms with Gasteiger partial charge in [-0.3, -0.25) is 0 Å². The highest BCUT2D eigenvalue weighted by atomic mass is 16.6. The first kappa shape index (κ1) is 16.9. The van der Waals surface area contributed by atoms with Crippen molar-refractivity contribution in [2.24, 2.45) is 17.8 Å². The van der Waals surface area contributed by atoms with E-state index in [2.05, 4.69) is 36.1 Å². The number of benzene rings is 2. The van der Waals surface area contributed by atoms with Crippen LogP contribution in [0.25, 0.3) is 11.1 Å².